The van der Waals surface area contributed by atoms with E-state index in [9.17, 15) is 4.79 Å². The van der Waals surface area contributed by atoms with Crippen LogP contribution in [0.4, 0.5) is 0 Å². The van der Waals surface area contributed by atoms with Crippen LogP contribution in [0.5, 0.6) is 0 Å². The van der Waals surface area contributed by atoms with Gasteiger partial charge in [0.2, 0.25) is 0 Å². The van der Waals surface area contributed by atoms with Crippen molar-refractivity contribution < 1.29 is 9.90 Å². The third-order valence-corrected chi connectivity index (χ3v) is 2.51. The summed E-state index contributed by atoms with van der Waals surface area (Å²) in [5.74, 6) is -1.00. The molecule has 74 valence electrons. The fourth-order valence-corrected chi connectivity index (χ4v) is 1.43. The van der Waals surface area contributed by atoms with Crippen LogP contribution in [0.3, 0.4) is 0 Å². The van der Waals surface area contributed by atoms with Gasteiger partial charge in [0.1, 0.15) is 0 Å². The number of carboxylic acid groups (broad SMARTS) is 1. The summed E-state index contributed by atoms with van der Waals surface area (Å²) in [6.45, 7) is 1.80. The Labute approximate surface area is 91.8 Å². The SMILES string of the molecule is Cc1c(Cl)cc(/C=C/C(=O)O)cc1Cl. The molecule has 0 aliphatic heterocycles. The Morgan fingerprint density at radius 3 is 2.29 bits per heavy atom. The van der Waals surface area contributed by atoms with Crippen molar-refractivity contribution in [3.8, 4) is 0 Å². The Hall–Kier alpha value is -0.990. The summed E-state index contributed by atoms with van der Waals surface area (Å²) in [6, 6.07) is 3.34. The molecular weight excluding hydrogens is 223 g/mol. The van der Waals surface area contributed by atoms with Crippen molar-refractivity contribution in [3.63, 3.8) is 0 Å². The van der Waals surface area contributed by atoms with E-state index in [2.05, 4.69) is 0 Å². The van der Waals surface area contributed by atoms with Crippen molar-refractivity contribution in [2.45, 2.75) is 6.92 Å². The summed E-state index contributed by atoms with van der Waals surface area (Å²) < 4.78 is 0. The molecule has 0 saturated carbocycles. The molecule has 0 aliphatic rings. The Morgan fingerprint density at radius 1 is 1.36 bits per heavy atom. The average molecular weight is 231 g/mol. The lowest BCUT2D eigenvalue weighted by molar-refractivity contribution is -0.131. The van der Waals surface area contributed by atoms with Crippen molar-refractivity contribution in [3.05, 3.63) is 39.4 Å². The minimum Gasteiger partial charge on any atom is -0.478 e. The van der Waals surface area contributed by atoms with E-state index in [1.807, 2.05) is 0 Å². The maximum atomic E-state index is 10.3. The lowest BCUT2D eigenvalue weighted by atomic mass is 10.1. The molecule has 4 heteroatoms. The van der Waals surface area contributed by atoms with Crippen molar-refractivity contribution >= 4 is 35.2 Å². The van der Waals surface area contributed by atoms with E-state index in [1.54, 1.807) is 19.1 Å². The number of carbonyl (C=O) groups is 1. The number of halogens is 2. The van der Waals surface area contributed by atoms with Gasteiger partial charge < -0.3 is 5.11 Å². The highest BCUT2D eigenvalue weighted by Crippen LogP contribution is 2.25. The zero-order valence-corrected chi connectivity index (χ0v) is 8.93. The lowest BCUT2D eigenvalue weighted by Gasteiger charge is -2.02. The molecule has 1 N–H and O–H groups in total. The van der Waals surface area contributed by atoms with E-state index in [0.29, 0.717) is 15.6 Å². The molecular formula is C10H8Cl2O2. The highest BCUT2D eigenvalue weighted by Gasteiger charge is 2.02. The molecule has 0 bridgehead atoms. The van der Waals surface area contributed by atoms with Crippen LogP contribution >= 0.6 is 23.2 Å². The molecule has 2 nitrogen and oxygen atoms in total. The zero-order chi connectivity index (χ0) is 10.7. The number of carboxylic acids is 1. The predicted octanol–water partition coefficient (Wildman–Crippen LogP) is 3.40. The second-order valence-corrected chi connectivity index (χ2v) is 3.60. The van der Waals surface area contributed by atoms with Crippen LogP contribution in [0.15, 0.2) is 18.2 Å². The van der Waals surface area contributed by atoms with Gasteiger partial charge in [0.05, 0.1) is 0 Å². The third-order valence-electron chi connectivity index (χ3n) is 1.72. The van der Waals surface area contributed by atoms with Gasteiger partial charge in [0, 0.05) is 16.1 Å². The van der Waals surface area contributed by atoms with Crippen LogP contribution < -0.4 is 0 Å². The van der Waals surface area contributed by atoms with E-state index in [0.717, 1.165) is 11.6 Å². The van der Waals surface area contributed by atoms with Crippen LogP contribution in [-0.2, 0) is 4.79 Å². The molecule has 0 amide bonds. The highest BCUT2D eigenvalue weighted by atomic mass is 35.5. The Morgan fingerprint density at radius 2 is 1.86 bits per heavy atom. The van der Waals surface area contributed by atoms with Gasteiger partial charge in [0.15, 0.2) is 0 Å². The largest absolute Gasteiger partial charge is 0.478 e. The van der Waals surface area contributed by atoms with Crippen molar-refractivity contribution in [1.29, 1.82) is 0 Å². The van der Waals surface area contributed by atoms with Crippen LogP contribution in [0.25, 0.3) is 6.08 Å². The van der Waals surface area contributed by atoms with Gasteiger partial charge in [-0.25, -0.2) is 4.79 Å². The smallest absolute Gasteiger partial charge is 0.328 e. The van der Waals surface area contributed by atoms with Gasteiger partial charge in [-0.2, -0.15) is 0 Å². The molecule has 0 spiro atoms. The molecule has 0 aromatic heterocycles. The third kappa shape index (κ3) is 2.76. The first kappa shape index (κ1) is 11.1. The number of hydrogen-bond donors (Lipinski definition) is 1. The predicted molar refractivity (Wildman–Crippen MR) is 57.9 cm³/mol. The maximum absolute atomic E-state index is 10.3. The normalized spacial score (nSPS) is 10.8. The fraction of sp³-hybridized carbons (Fsp3) is 0.100. The van der Waals surface area contributed by atoms with Gasteiger partial charge in [0.25, 0.3) is 0 Å². The lowest BCUT2D eigenvalue weighted by Crippen LogP contribution is -1.86. The molecule has 0 atom stereocenters. The second kappa shape index (κ2) is 4.49. The number of benzene rings is 1. The summed E-state index contributed by atoms with van der Waals surface area (Å²) in [4.78, 5) is 10.3. The van der Waals surface area contributed by atoms with Crippen LogP contribution in [-0.4, -0.2) is 11.1 Å². The summed E-state index contributed by atoms with van der Waals surface area (Å²) in [5, 5.41) is 9.48. The van der Waals surface area contributed by atoms with Gasteiger partial charge in [-0.1, -0.05) is 23.2 Å². The molecule has 0 heterocycles. The summed E-state index contributed by atoms with van der Waals surface area (Å²) in [6.07, 6.45) is 2.48. The minimum atomic E-state index is -1.00. The van der Waals surface area contributed by atoms with E-state index in [4.69, 9.17) is 28.3 Å². The second-order valence-electron chi connectivity index (χ2n) is 2.78. The van der Waals surface area contributed by atoms with Gasteiger partial charge in [-0.05, 0) is 36.3 Å². The zero-order valence-electron chi connectivity index (χ0n) is 7.42. The first-order valence-electron chi connectivity index (χ1n) is 3.87. The topological polar surface area (TPSA) is 37.3 Å². The van der Waals surface area contributed by atoms with E-state index >= 15 is 0 Å². The number of hydrogen-bond acceptors (Lipinski definition) is 1. The highest BCUT2D eigenvalue weighted by molar-refractivity contribution is 6.36. The van der Waals surface area contributed by atoms with Crippen LogP contribution in [0, 0.1) is 6.92 Å². The number of aliphatic carboxylic acids is 1. The quantitative estimate of drug-likeness (QED) is 0.792. The molecule has 0 unspecified atom stereocenters. The number of rotatable bonds is 2. The van der Waals surface area contributed by atoms with Gasteiger partial charge >= 0.3 is 5.97 Å². The summed E-state index contributed by atoms with van der Waals surface area (Å²) in [7, 11) is 0. The first-order chi connectivity index (χ1) is 6.50. The fourth-order valence-electron chi connectivity index (χ4n) is 0.929. The van der Waals surface area contributed by atoms with Crippen molar-refractivity contribution in [2.75, 3.05) is 0 Å². The monoisotopic (exact) mass is 230 g/mol. The van der Waals surface area contributed by atoms with Crippen molar-refractivity contribution in [1.82, 2.24) is 0 Å². The van der Waals surface area contributed by atoms with E-state index < -0.39 is 5.97 Å². The van der Waals surface area contributed by atoms with Gasteiger partial charge in [-0.15, -0.1) is 0 Å². The van der Waals surface area contributed by atoms with Gasteiger partial charge in [-0.3, -0.25) is 0 Å². The molecule has 1 rings (SSSR count). The van der Waals surface area contributed by atoms with Crippen molar-refractivity contribution in [2.24, 2.45) is 0 Å². The Kier molecular flexibility index (Phi) is 3.55. The maximum Gasteiger partial charge on any atom is 0.328 e. The molecule has 0 fully saturated rings. The summed E-state index contributed by atoms with van der Waals surface area (Å²) >= 11 is 11.7. The Bertz CT molecular complexity index is 374. The standard InChI is InChI=1S/C10H8Cl2O2/c1-6-8(11)4-7(5-9(6)12)2-3-10(13)14/h2-5H,1H3,(H,13,14)/b3-2+. The Balaban J connectivity index is 3.07. The molecule has 0 aliphatic carbocycles. The first-order valence-corrected chi connectivity index (χ1v) is 4.63. The van der Waals surface area contributed by atoms with E-state index in [1.165, 1.54) is 6.08 Å². The summed E-state index contributed by atoms with van der Waals surface area (Å²) in [5.41, 5.74) is 1.47. The average Bonchev–Trinajstić information content (AvgIpc) is 2.10. The van der Waals surface area contributed by atoms with Crippen LogP contribution in [0.2, 0.25) is 10.0 Å². The molecule has 1 aromatic rings. The van der Waals surface area contributed by atoms with Crippen LogP contribution in [0.1, 0.15) is 11.1 Å². The molecule has 0 radical (unpaired) electrons. The minimum absolute atomic E-state index is 0.530. The molecule has 1 aromatic carbocycles. The molecule has 14 heavy (non-hydrogen) atoms. The molecule has 0 saturated heterocycles. The van der Waals surface area contributed by atoms with E-state index in [-0.39, 0.29) is 0 Å².